The monoisotopic (exact) mass is 386 g/mol. The molecule has 9 heteroatoms. The van der Waals surface area contributed by atoms with E-state index in [-0.39, 0.29) is 12.1 Å². The lowest BCUT2D eigenvalue weighted by atomic mass is 10.1. The van der Waals surface area contributed by atoms with Crippen LogP contribution >= 0.6 is 11.3 Å². The number of aryl methyl sites for hydroxylation is 2. The summed E-state index contributed by atoms with van der Waals surface area (Å²) in [7, 11) is 1.32. The summed E-state index contributed by atoms with van der Waals surface area (Å²) in [4.78, 5) is 32.2. The minimum Gasteiger partial charge on any atom is -0.476 e. The molecule has 0 aliphatic carbocycles. The summed E-state index contributed by atoms with van der Waals surface area (Å²) in [6, 6.07) is 5.39. The number of rotatable bonds is 6. The molecule has 8 nitrogen and oxygen atoms in total. The third-order valence-electron chi connectivity index (χ3n) is 3.99. The van der Waals surface area contributed by atoms with Crippen LogP contribution in [0.3, 0.4) is 0 Å². The van der Waals surface area contributed by atoms with Gasteiger partial charge in [0.15, 0.2) is 10.7 Å². The molecule has 0 radical (unpaired) electrons. The van der Waals surface area contributed by atoms with Crippen molar-refractivity contribution >= 4 is 23.3 Å². The average molecular weight is 386 g/mol. The number of ether oxygens (including phenoxy) is 1. The second kappa shape index (κ2) is 7.67. The molecule has 0 spiro atoms. The number of aromatic carboxylic acids is 1. The standard InChI is InChI=1S/C18H18N4O4S/c1-4-13-20-15(18(24)25)17(27-13)22-16(12-7-5-6-8-19-12)11(10(2)21-22)9-14(23)26-3/h5-8H,4,9H2,1-3H3,(H,24,25). The highest BCUT2D eigenvalue weighted by Gasteiger charge is 2.26. The molecule has 3 rings (SSSR count). The maximum Gasteiger partial charge on any atom is 0.357 e. The van der Waals surface area contributed by atoms with Gasteiger partial charge in [-0.1, -0.05) is 24.3 Å². The first-order chi connectivity index (χ1) is 13.0. The van der Waals surface area contributed by atoms with Crippen LogP contribution in [0.25, 0.3) is 16.4 Å². The molecular formula is C18H18N4O4S. The van der Waals surface area contributed by atoms with Crippen LogP contribution in [0.4, 0.5) is 0 Å². The molecule has 0 amide bonds. The van der Waals surface area contributed by atoms with E-state index in [1.54, 1.807) is 25.3 Å². The SMILES string of the molecule is CCc1nc(C(=O)O)c(-n2nc(C)c(CC(=O)OC)c2-c2ccccn2)s1. The first kappa shape index (κ1) is 18.7. The molecule has 3 aromatic rings. The van der Waals surface area contributed by atoms with E-state index < -0.39 is 11.9 Å². The van der Waals surface area contributed by atoms with Gasteiger partial charge in [-0.3, -0.25) is 9.78 Å². The third-order valence-corrected chi connectivity index (χ3v) is 5.17. The number of hydrogen-bond acceptors (Lipinski definition) is 7. The van der Waals surface area contributed by atoms with Crippen LogP contribution in [0.5, 0.6) is 0 Å². The summed E-state index contributed by atoms with van der Waals surface area (Å²) in [5.74, 6) is -1.54. The Balaban J connectivity index is 2.28. The second-order valence-electron chi connectivity index (χ2n) is 5.71. The van der Waals surface area contributed by atoms with Crippen molar-refractivity contribution in [3.05, 3.63) is 46.4 Å². The van der Waals surface area contributed by atoms with E-state index in [0.29, 0.717) is 39.1 Å². The Bertz CT molecular complexity index is 994. The molecule has 3 heterocycles. The van der Waals surface area contributed by atoms with E-state index >= 15 is 0 Å². The van der Waals surface area contributed by atoms with E-state index in [1.165, 1.54) is 23.1 Å². The molecule has 0 aliphatic heterocycles. The van der Waals surface area contributed by atoms with E-state index in [1.807, 2.05) is 13.0 Å². The average Bonchev–Trinajstić information content (AvgIpc) is 3.24. The summed E-state index contributed by atoms with van der Waals surface area (Å²) in [5.41, 5.74) is 2.32. The van der Waals surface area contributed by atoms with Crippen molar-refractivity contribution in [1.82, 2.24) is 19.7 Å². The van der Waals surface area contributed by atoms with Gasteiger partial charge in [-0.15, -0.1) is 0 Å². The molecule has 0 bridgehead atoms. The number of aromatic nitrogens is 4. The molecule has 1 N–H and O–H groups in total. The number of pyridine rings is 1. The quantitative estimate of drug-likeness (QED) is 0.649. The molecule has 0 saturated carbocycles. The molecule has 0 saturated heterocycles. The Morgan fingerprint density at radius 3 is 2.70 bits per heavy atom. The summed E-state index contributed by atoms with van der Waals surface area (Å²) in [6.45, 7) is 3.67. The number of carboxylic acid groups (broad SMARTS) is 1. The minimum absolute atomic E-state index is 0.0100. The Hall–Kier alpha value is -3.07. The van der Waals surface area contributed by atoms with Crippen molar-refractivity contribution in [2.24, 2.45) is 0 Å². The summed E-state index contributed by atoms with van der Waals surface area (Å²) in [5, 5.41) is 15.2. The molecule has 0 unspecified atom stereocenters. The number of carbonyl (C=O) groups is 2. The number of carboxylic acids is 1. The van der Waals surface area contributed by atoms with Gasteiger partial charge in [0.2, 0.25) is 0 Å². The smallest absolute Gasteiger partial charge is 0.357 e. The summed E-state index contributed by atoms with van der Waals surface area (Å²) < 4.78 is 6.32. The van der Waals surface area contributed by atoms with Crippen LogP contribution in [0.15, 0.2) is 24.4 Å². The van der Waals surface area contributed by atoms with Crippen molar-refractivity contribution in [1.29, 1.82) is 0 Å². The Morgan fingerprint density at radius 2 is 2.11 bits per heavy atom. The fourth-order valence-electron chi connectivity index (χ4n) is 2.69. The highest BCUT2D eigenvalue weighted by molar-refractivity contribution is 7.14. The lowest BCUT2D eigenvalue weighted by Crippen LogP contribution is -2.08. The predicted molar refractivity (Wildman–Crippen MR) is 99.3 cm³/mol. The number of methoxy groups -OCH3 is 1. The van der Waals surface area contributed by atoms with Gasteiger partial charge in [0.1, 0.15) is 0 Å². The van der Waals surface area contributed by atoms with Gasteiger partial charge in [-0.2, -0.15) is 5.10 Å². The predicted octanol–water partition coefficient (Wildman–Crippen LogP) is 2.68. The lowest BCUT2D eigenvalue weighted by Gasteiger charge is -2.08. The number of thiazole rings is 1. The zero-order chi connectivity index (χ0) is 19.6. The number of hydrogen-bond donors (Lipinski definition) is 1. The molecule has 0 fully saturated rings. The van der Waals surface area contributed by atoms with Gasteiger partial charge in [-0.05, 0) is 25.5 Å². The molecule has 0 aliphatic rings. The van der Waals surface area contributed by atoms with Crippen molar-refractivity contribution in [3.8, 4) is 16.4 Å². The first-order valence-electron chi connectivity index (χ1n) is 8.26. The maximum absolute atomic E-state index is 11.9. The highest BCUT2D eigenvalue weighted by atomic mass is 32.1. The van der Waals surface area contributed by atoms with Crippen molar-refractivity contribution in [2.75, 3.05) is 7.11 Å². The number of nitrogens with zero attached hydrogens (tertiary/aromatic N) is 4. The van der Waals surface area contributed by atoms with Crippen molar-refractivity contribution in [3.63, 3.8) is 0 Å². The van der Waals surface area contributed by atoms with Crippen LogP contribution in [-0.4, -0.2) is 43.9 Å². The topological polar surface area (TPSA) is 107 Å². The maximum atomic E-state index is 11.9. The Kier molecular flexibility index (Phi) is 5.31. The molecule has 27 heavy (non-hydrogen) atoms. The van der Waals surface area contributed by atoms with Gasteiger partial charge < -0.3 is 9.84 Å². The van der Waals surface area contributed by atoms with E-state index in [0.717, 1.165) is 0 Å². The largest absolute Gasteiger partial charge is 0.476 e. The zero-order valence-electron chi connectivity index (χ0n) is 15.1. The summed E-state index contributed by atoms with van der Waals surface area (Å²) >= 11 is 1.26. The van der Waals surface area contributed by atoms with Gasteiger partial charge >= 0.3 is 11.9 Å². The van der Waals surface area contributed by atoms with E-state index in [9.17, 15) is 14.7 Å². The zero-order valence-corrected chi connectivity index (χ0v) is 15.9. The Labute approximate surface area is 159 Å². The van der Waals surface area contributed by atoms with Crippen LogP contribution in [0.2, 0.25) is 0 Å². The molecule has 0 atom stereocenters. The van der Waals surface area contributed by atoms with Gasteiger partial charge in [-0.25, -0.2) is 14.5 Å². The molecule has 140 valence electrons. The molecular weight excluding hydrogens is 368 g/mol. The third kappa shape index (κ3) is 3.59. The van der Waals surface area contributed by atoms with Crippen LogP contribution < -0.4 is 0 Å². The molecule has 3 aromatic heterocycles. The normalized spacial score (nSPS) is 10.8. The van der Waals surface area contributed by atoms with E-state index in [2.05, 4.69) is 15.1 Å². The second-order valence-corrected chi connectivity index (χ2v) is 6.77. The first-order valence-corrected chi connectivity index (χ1v) is 9.08. The fraction of sp³-hybridized carbons (Fsp3) is 0.278. The minimum atomic E-state index is -1.13. The lowest BCUT2D eigenvalue weighted by molar-refractivity contribution is -0.139. The van der Waals surface area contributed by atoms with E-state index in [4.69, 9.17) is 4.74 Å². The van der Waals surface area contributed by atoms with Crippen LogP contribution in [0.1, 0.15) is 33.7 Å². The molecule has 0 aromatic carbocycles. The number of carbonyl (C=O) groups excluding carboxylic acids is 1. The Morgan fingerprint density at radius 1 is 1.33 bits per heavy atom. The number of esters is 1. The van der Waals surface area contributed by atoms with Gasteiger partial charge in [0.05, 0.1) is 35.6 Å². The van der Waals surface area contributed by atoms with Crippen LogP contribution in [-0.2, 0) is 22.4 Å². The van der Waals surface area contributed by atoms with Crippen molar-refractivity contribution in [2.45, 2.75) is 26.7 Å². The van der Waals surface area contributed by atoms with Crippen molar-refractivity contribution < 1.29 is 19.4 Å². The van der Waals surface area contributed by atoms with Gasteiger partial charge in [0.25, 0.3) is 0 Å². The fourth-order valence-corrected chi connectivity index (χ4v) is 3.64. The van der Waals surface area contributed by atoms with Crippen LogP contribution in [0, 0.1) is 6.92 Å². The van der Waals surface area contributed by atoms with Gasteiger partial charge in [0, 0.05) is 11.8 Å². The summed E-state index contributed by atoms with van der Waals surface area (Å²) in [6.07, 6.45) is 2.25. The highest BCUT2D eigenvalue weighted by Crippen LogP contribution is 2.32.